The molecule has 100 valence electrons. The van der Waals surface area contributed by atoms with Crippen LogP contribution in [0.3, 0.4) is 0 Å². The van der Waals surface area contributed by atoms with Gasteiger partial charge in [-0.25, -0.2) is 0 Å². The van der Waals surface area contributed by atoms with Crippen LogP contribution in [0.1, 0.15) is 27.0 Å². The van der Waals surface area contributed by atoms with Crippen molar-refractivity contribution in [1.82, 2.24) is 0 Å². The Morgan fingerprint density at radius 1 is 1.05 bits per heavy atom. The van der Waals surface area contributed by atoms with Gasteiger partial charge in [-0.1, -0.05) is 15.9 Å². The van der Waals surface area contributed by atoms with Gasteiger partial charge in [0.1, 0.15) is 5.56 Å². The Labute approximate surface area is 125 Å². The van der Waals surface area contributed by atoms with Crippen LogP contribution < -0.4 is 0 Å². The summed E-state index contributed by atoms with van der Waals surface area (Å²) in [6.07, 6.45) is 0. The van der Waals surface area contributed by atoms with E-state index in [0.717, 1.165) is 20.3 Å². The molecule has 0 aromatic heterocycles. The van der Waals surface area contributed by atoms with Crippen molar-refractivity contribution < 1.29 is 9.53 Å². The van der Waals surface area contributed by atoms with Crippen LogP contribution in [0.25, 0.3) is 0 Å². The molecule has 3 nitrogen and oxygen atoms in total. The number of Topliss-reactive ketones (excluding diaryl/α,β-unsaturated/α-hetero) is 1. The van der Waals surface area contributed by atoms with Crippen LogP contribution in [0.2, 0.25) is 0 Å². The van der Waals surface area contributed by atoms with Crippen LogP contribution in [-0.4, -0.2) is 16.2 Å². The molecule has 3 rings (SSSR count). The molecule has 0 N–H and O–H groups in total. The second-order valence-corrected chi connectivity index (χ2v) is 5.85. The van der Waals surface area contributed by atoms with Gasteiger partial charge in [-0.15, -0.1) is 0 Å². The van der Waals surface area contributed by atoms with Gasteiger partial charge in [-0.05, 0) is 55.3 Å². The van der Waals surface area contributed by atoms with Crippen molar-refractivity contribution in [3.8, 4) is 0 Å². The summed E-state index contributed by atoms with van der Waals surface area (Å²) in [6, 6.07) is 10.8. The number of carbonyl (C=O) groups excluding carboxylic acids is 1. The molecule has 4 heteroatoms. The lowest BCUT2D eigenvalue weighted by atomic mass is 9.99. The average Bonchev–Trinajstić information content (AvgIpc) is 2.65. The average molecular weight is 330 g/mol. The van der Waals surface area contributed by atoms with E-state index in [9.17, 15) is 10.0 Å². The normalized spacial score (nSPS) is 13.8. The molecule has 0 spiro atoms. The van der Waals surface area contributed by atoms with E-state index in [1.165, 1.54) is 0 Å². The van der Waals surface area contributed by atoms with Gasteiger partial charge in [-0.2, -0.15) is 4.74 Å². The summed E-state index contributed by atoms with van der Waals surface area (Å²) in [5.74, 6) is -0.208. The van der Waals surface area contributed by atoms with E-state index in [-0.39, 0.29) is 11.5 Å². The molecule has 0 radical (unpaired) electrons. The minimum Gasteiger partial charge on any atom is -0.618 e. The lowest BCUT2D eigenvalue weighted by molar-refractivity contribution is -0.355. The molecule has 2 aromatic carbocycles. The van der Waals surface area contributed by atoms with E-state index in [0.29, 0.717) is 16.8 Å². The highest BCUT2D eigenvalue weighted by Gasteiger charge is 2.36. The first-order valence-corrected chi connectivity index (χ1v) is 7.04. The molecule has 1 aliphatic heterocycles. The zero-order chi connectivity index (χ0) is 14.4. The summed E-state index contributed by atoms with van der Waals surface area (Å²) < 4.78 is 1.65. The minimum absolute atomic E-state index is 0.192. The quantitative estimate of drug-likeness (QED) is 0.588. The Morgan fingerprint density at radius 2 is 1.65 bits per heavy atom. The molecule has 1 heterocycles. The molecule has 0 saturated heterocycles. The molecule has 20 heavy (non-hydrogen) atoms. The van der Waals surface area contributed by atoms with Crippen LogP contribution in [0.15, 0.2) is 40.9 Å². The van der Waals surface area contributed by atoms with E-state index in [4.69, 9.17) is 0 Å². The second kappa shape index (κ2) is 4.56. The van der Waals surface area contributed by atoms with Crippen molar-refractivity contribution in [2.75, 3.05) is 0 Å². The maximum absolute atomic E-state index is 12.5. The molecule has 2 aromatic rings. The Morgan fingerprint density at radius 3 is 2.30 bits per heavy atom. The van der Waals surface area contributed by atoms with E-state index in [1.807, 2.05) is 26.0 Å². The summed E-state index contributed by atoms with van der Waals surface area (Å²) >= 11 is 3.35. The third-order valence-corrected chi connectivity index (χ3v) is 4.14. The molecule has 0 saturated carbocycles. The summed E-state index contributed by atoms with van der Waals surface area (Å²) in [5.41, 5.74) is 3.78. The smallest absolute Gasteiger partial charge is 0.272 e. The van der Waals surface area contributed by atoms with Gasteiger partial charge in [0.05, 0.1) is 5.56 Å². The van der Waals surface area contributed by atoms with Gasteiger partial charge in [0.15, 0.2) is 0 Å². The summed E-state index contributed by atoms with van der Waals surface area (Å²) in [6.45, 7) is 3.88. The Kier molecular flexibility index (Phi) is 2.98. The maximum atomic E-state index is 12.5. The summed E-state index contributed by atoms with van der Waals surface area (Å²) in [5, 5.41) is 12.4. The van der Waals surface area contributed by atoms with Gasteiger partial charge >= 0.3 is 0 Å². The van der Waals surface area contributed by atoms with Crippen molar-refractivity contribution >= 4 is 33.1 Å². The summed E-state index contributed by atoms with van der Waals surface area (Å²) in [4.78, 5) is 12.5. The van der Waals surface area contributed by atoms with E-state index < -0.39 is 0 Å². The molecule has 0 atom stereocenters. The summed E-state index contributed by atoms with van der Waals surface area (Å²) in [7, 11) is 0. The fourth-order valence-electron chi connectivity index (χ4n) is 2.35. The molecule has 0 aliphatic carbocycles. The molecule has 0 fully saturated rings. The van der Waals surface area contributed by atoms with Crippen LogP contribution in [0.4, 0.5) is 5.69 Å². The first-order valence-electron chi connectivity index (χ1n) is 6.25. The molecule has 0 unspecified atom stereocenters. The lowest BCUT2D eigenvalue weighted by Crippen LogP contribution is -2.16. The molecule has 0 bridgehead atoms. The monoisotopic (exact) mass is 329 g/mol. The molecule has 0 amide bonds. The fourth-order valence-corrected chi connectivity index (χ4v) is 2.61. The number of halogens is 1. The van der Waals surface area contributed by atoms with E-state index in [2.05, 4.69) is 15.9 Å². The zero-order valence-corrected chi connectivity index (χ0v) is 12.7. The number of ketones is 1. The largest absolute Gasteiger partial charge is 0.618 e. The number of hydrogen-bond acceptors (Lipinski definition) is 2. The Hall–Kier alpha value is -1.94. The maximum Gasteiger partial charge on any atom is 0.272 e. The topological polar surface area (TPSA) is 43.1 Å². The minimum atomic E-state index is -0.208. The first-order chi connectivity index (χ1) is 9.49. The van der Waals surface area contributed by atoms with Crippen molar-refractivity contribution in [2.24, 2.45) is 0 Å². The second-order valence-electron chi connectivity index (χ2n) is 4.93. The zero-order valence-electron chi connectivity index (χ0n) is 11.1. The number of benzene rings is 2. The number of carbonyl (C=O) groups is 1. The number of fused-ring (bicyclic) bond motifs is 1. The Balaban J connectivity index is 2.19. The molecule has 1 aliphatic rings. The Bertz CT molecular complexity index is 761. The SMILES string of the molecule is Cc1cc2c(cc1C)[N+]([O-])=C(c1ccc(Br)cc1)C2=O. The third-order valence-electron chi connectivity index (χ3n) is 3.61. The van der Waals surface area contributed by atoms with Gasteiger partial charge in [0, 0.05) is 10.5 Å². The van der Waals surface area contributed by atoms with Crippen molar-refractivity contribution in [3.63, 3.8) is 0 Å². The highest BCUT2D eigenvalue weighted by molar-refractivity contribution is 9.10. The predicted molar refractivity (Wildman–Crippen MR) is 81.8 cm³/mol. The number of aryl methyl sites for hydroxylation is 2. The van der Waals surface area contributed by atoms with Crippen molar-refractivity contribution in [3.05, 3.63) is 68.3 Å². The lowest BCUT2D eigenvalue weighted by Gasteiger charge is -2.04. The number of rotatable bonds is 1. The number of nitrogens with zero attached hydrogens (tertiary/aromatic N) is 1. The fraction of sp³-hybridized carbons (Fsp3) is 0.125. The highest BCUT2D eigenvalue weighted by atomic mass is 79.9. The van der Waals surface area contributed by atoms with E-state index in [1.54, 1.807) is 24.3 Å². The third kappa shape index (κ3) is 1.88. The van der Waals surface area contributed by atoms with Crippen LogP contribution >= 0.6 is 15.9 Å². The molecular formula is C16H12BrNO2. The van der Waals surface area contributed by atoms with Gasteiger partial charge in [-0.3, -0.25) is 4.79 Å². The molecular weight excluding hydrogens is 318 g/mol. The van der Waals surface area contributed by atoms with Crippen LogP contribution in [-0.2, 0) is 0 Å². The predicted octanol–water partition coefficient (Wildman–Crippen LogP) is 3.89. The van der Waals surface area contributed by atoms with Gasteiger partial charge < -0.3 is 5.21 Å². The van der Waals surface area contributed by atoms with E-state index >= 15 is 0 Å². The van der Waals surface area contributed by atoms with Crippen LogP contribution in [0.5, 0.6) is 0 Å². The highest BCUT2D eigenvalue weighted by Crippen LogP contribution is 2.30. The van der Waals surface area contributed by atoms with Gasteiger partial charge in [0.2, 0.25) is 5.69 Å². The van der Waals surface area contributed by atoms with Crippen molar-refractivity contribution in [2.45, 2.75) is 13.8 Å². The first kappa shape index (κ1) is 13.1. The van der Waals surface area contributed by atoms with Gasteiger partial charge in [0.25, 0.3) is 11.5 Å². The number of hydrogen-bond donors (Lipinski definition) is 0. The standard InChI is InChI=1S/C16H12BrNO2/c1-9-7-13-14(8-10(9)2)18(20)15(16(13)19)11-3-5-12(17)6-4-11/h3-8H,1-2H3. The van der Waals surface area contributed by atoms with Crippen molar-refractivity contribution in [1.29, 1.82) is 0 Å². The van der Waals surface area contributed by atoms with Crippen LogP contribution in [0, 0.1) is 19.1 Å².